The molecule has 0 fully saturated rings. The number of carbonyl (C=O) groups is 1. The van der Waals surface area contributed by atoms with E-state index in [1.807, 2.05) is 12.1 Å². The molecule has 1 aliphatic heterocycles. The summed E-state index contributed by atoms with van der Waals surface area (Å²) >= 11 is 5.72. The summed E-state index contributed by atoms with van der Waals surface area (Å²) in [5.74, 6) is 0.562. The summed E-state index contributed by atoms with van der Waals surface area (Å²) in [6.07, 6.45) is 0. The van der Waals surface area contributed by atoms with Crippen molar-refractivity contribution in [2.75, 3.05) is 6.54 Å². The Morgan fingerprint density at radius 3 is 2.54 bits per heavy atom. The molecular weight excluding hydrogens is 188 g/mol. The van der Waals surface area contributed by atoms with Gasteiger partial charge in [0.1, 0.15) is 12.4 Å². The van der Waals surface area contributed by atoms with Gasteiger partial charge in [0.15, 0.2) is 0 Å². The van der Waals surface area contributed by atoms with Crippen LogP contribution in [0.2, 0.25) is 5.02 Å². The van der Waals surface area contributed by atoms with E-state index in [4.69, 9.17) is 11.6 Å². The maximum absolute atomic E-state index is 10.8. The molecule has 0 radical (unpaired) electrons. The van der Waals surface area contributed by atoms with Gasteiger partial charge in [-0.25, -0.2) is 0 Å². The molecule has 1 heterocycles. The smallest absolute Gasteiger partial charge is 0.247 e. The zero-order valence-corrected chi connectivity index (χ0v) is 7.51. The molecule has 1 aliphatic rings. The van der Waals surface area contributed by atoms with E-state index in [2.05, 4.69) is 10.3 Å². The molecule has 4 heteroatoms. The molecule has 0 saturated carbocycles. The summed E-state index contributed by atoms with van der Waals surface area (Å²) in [6.45, 7) is 0.220. The van der Waals surface area contributed by atoms with Crippen LogP contribution in [0.5, 0.6) is 0 Å². The number of halogens is 1. The van der Waals surface area contributed by atoms with Crippen molar-refractivity contribution in [1.29, 1.82) is 0 Å². The topological polar surface area (TPSA) is 41.5 Å². The first-order chi connectivity index (χ1) is 6.25. The highest BCUT2D eigenvalue weighted by Gasteiger charge is 2.14. The number of hydrogen-bond acceptors (Lipinski definition) is 2. The molecule has 0 aromatic heterocycles. The van der Waals surface area contributed by atoms with Crippen molar-refractivity contribution in [3.8, 4) is 0 Å². The number of nitrogens with one attached hydrogen (secondary N) is 1. The average Bonchev–Trinajstić information content (AvgIpc) is 2.53. The Bertz CT molecular complexity index is 370. The Balaban J connectivity index is 2.27. The number of hydrogen-bond donors (Lipinski definition) is 1. The number of amidine groups is 1. The van der Waals surface area contributed by atoms with Crippen molar-refractivity contribution in [1.82, 2.24) is 5.32 Å². The van der Waals surface area contributed by atoms with Crippen LogP contribution in [-0.2, 0) is 4.79 Å². The second-order valence-electron chi connectivity index (χ2n) is 2.72. The van der Waals surface area contributed by atoms with Crippen molar-refractivity contribution >= 4 is 23.3 Å². The molecular formula is C9H7ClN2O. The number of aliphatic imine (C=N–C) groups is 1. The van der Waals surface area contributed by atoms with Crippen LogP contribution in [-0.4, -0.2) is 18.3 Å². The molecule has 13 heavy (non-hydrogen) atoms. The number of amides is 1. The third-order valence-electron chi connectivity index (χ3n) is 1.76. The van der Waals surface area contributed by atoms with E-state index in [0.717, 1.165) is 5.56 Å². The van der Waals surface area contributed by atoms with Crippen LogP contribution < -0.4 is 5.32 Å². The highest BCUT2D eigenvalue weighted by atomic mass is 35.5. The molecule has 0 spiro atoms. The summed E-state index contributed by atoms with van der Waals surface area (Å²) in [5, 5.41) is 3.33. The second-order valence-corrected chi connectivity index (χ2v) is 3.16. The first-order valence-corrected chi connectivity index (χ1v) is 4.24. The first kappa shape index (κ1) is 8.26. The minimum atomic E-state index is -0.0649. The van der Waals surface area contributed by atoms with E-state index >= 15 is 0 Å². The van der Waals surface area contributed by atoms with Gasteiger partial charge in [0, 0.05) is 10.6 Å². The quantitative estimate of drug-likeness (QED) is 0.718. The van der Waals surface area contributed by atoms with E-state index in [1.54, 1.807) is 12.1 Å². The van der Waals surface area contributed by atoms with Crippen LogP contribution in [0.15, 0.2) is 29.3 Å². The summed E-state index contributed by atoms with van der Waals surface area (Å²) in [7, 11) is 0. The predicted octanol–water partition coefficient (Wildman–Crippen LogP) is 1.22. The van der Waals surface area contributed by atoms with Gasteiger partial charge in [0.25, 0.3) is 0 Å². The van der Waals surface area contributed by atoms with Crippen molar-refractivity contribution < 1.29 is 4.79 Å². The number of rotatable bonds is 1. The van der Waals surface area contributed by atoms with Crippen molar-refractivity contribution in [2.24, 2.45) is 4.99 Å². The highest BCUT2D eigenvalue weighted by molar-refractivity contribution is 6.30. The zero-order valence-electron chi connectivity index (χ0n) is 6.75. The first-order valence-electron chi connectivity index (χ1n) is 3.86. The lowest BCUT2D eigenvalue weighted by molar-refractivity contribution is -0.117. The predicted molar refractivity (Wildman–Crippen MR) is 51.0 cm³/mol. The van der Waals surface area contributed by atoms with Gasteiger partial charge >= 0.3 is 0 Å². The van der Waals surface area contributed by atoms with Gasteiger partial charge in [-0.2, -0.15) is 0 Å². The summed E-state index contributed by atoms with van der Waals surface area (Å²) in [5.41, 5.74) is 0.884. The van der Waals surface area contributed by atoms with Gasteiger partial charge in [-0.15, -0.1) is 0 Å². The molecule has 1 aromatic rings. The molecule has 66 valence electrons. The van der Waals surface area contributed by atoms with Crippen LogP contribution >= 0.6 is 11.6 Å². The Kier molecular flexibility index (Phi) is 2.02. The van der Waals surface area contributed by atoms with E-state index in [9.17, 15) is 4.79 Å². The lowest BCUT2D eigenvalue weighted by Crippen LogP contribution is -2.25. The zero-order chi connectivity index (χ0) is 9.26. The Morgan fingerprint density at radius 1 is 1.31 bits per heavy atom. The molecule has 3 nitrogen and oxygen atoms in total. The fourth-order valence-electron chi connectivity index (χ4n) is 1.13. The van der Waals surface area contributed by atoms with E-state index in [0.29, 0.717) is 10.9 Å². The van der Waals surface area contributed by atoms with Gasteiger partial charge in [0.05, 0.1) is 0 Å². The largest absolute Gasteiger partial charge is 0.309 e. The third-order valence-corrected chi connectivity index (χ3v) is 2.01. The summed E-state index contributed by atoms with van der Waals surface area (Å²) in [6, 6.07) is 7.19. The fraction of sp³-hybridized carbons (Fsp3) is 0.111. The van der Waals surface area contributed by atoms with Gasteiger partial charge in [-0.3, -0.25) is 9.79 Å². The van der Waals surface area contributed by atoms with Crippen LogP contribution in [0.1, 0.15) is 5.56 Å². The highest BCUT2D eigenvalue weighted by Crippen LogP contribution is 2.10. The Labute approximate surface area is 80.4 Å². The Hall–Kier alpha value is -1.35. The lowest BCUT2D eigenvalue weighted by Gasteiger charge is -2.00. The molecule has 1 amide bonds. The van der Waals surface area contributed by atoms with Gasteiger partial charge in [-0.1, -0.05) is 11.6 Å². The van der Waals surface area contributed by atoms with Crippen LogP contribution in [0.25, 0.3) is 0 Å². The minimum Gasteiger partial charge on any atom is -0.309 e. The second kappa shape index (κ2) is 3.18. The maximum atomic E-state index is 10.8. The van der Waals surface area contributed by atoms with Crippen LogP contribution in [0.4, 0.5) is 0 Å². The molecule has 0 bridgehead atoms. The van der Waals surface area contributed by atoms with E-state index in [-0.39, 0.29) is 12.5 Å². The number of benzene rings is 1. The van der Waals surface area contributed by atoms with Gasteiger partial charge in [-0.05, 0) is 24.3 Å². The van der Waals surface area contributed by atoms with Crippen molar-refractivity contribution in [3.63, 3.8) is 0 Å². The maximum Gasteiger partial charge on any atom is 0.247 e. The molecule has 1 aromatic carbocycles. The van der Waals surface area contributed by atoms with E-state index < -0.39 is 0 Å². The van der Waals surface area contributed by atoms with Crippen molar-refractivity contribution in [3.05, 3.63) is 34.9 Å². The normalized spacial score (nSPS) is 15.5. The van der Waals surface area contributed by atoms with Gasteiger partial charge < -0.3 is 5.32 Å². The van der Waals surface area contributed by atoms with E-state index in [1.165, 1.54) is 0 Å². The standard InChI is InChI=1S/C9H7ClN2O/c10-7-3-1-6(2-4-7)9-11-5-8(13)12-9/h1-4H,5H2,(H,11,12,13). The molecule has 0 saturated heterocycles. The Morgan fingerprint density at radius 2 is 2.00 bits per heavy atom. The molecule has 2 rings (SSSR count). The van der Waals surface area contributed by atoms with Crippen LogP contribution in [0, 0.1) is 0 Å². The monoisotopic (exact) mass is 194 g/mol. The summed E-state index contributed by atoms with van der Waals surface area (Å²) < 4.78 is 0. The van der Waals surface area contributed by atoms with Gasteiger partial charge in [0.2, 0.25) is 5.91 Å². The minimum absolute atomic E-state index is 0.0649. The lowest BCUT2D eigenvalue weighted by atomic mass is 10.2. The van der Waals surface area contributed by atoms with Crippen molar-refractivity contribution in [2.45, 2.75) is 0 Å². The molecule has 0 aliphatic carbocycles. The SMILES string of the molecule is O=C1CN=C(c2ccc(Cl)cc2)N1. The summed E-state index contributed by atoms with van der Waals surface area (Å²) in [4.78, 5) is 14.9. The number of carbonyl (C=O) groups excluding carboxylic acids is 1. The fourth-order valence-corrected chi connectivity index (χ4v) is 1.26. The molecule has 0 unspecified atom stereocenters. The average molecular weight is 195 g/mol. The third kappa shape index (κ3) is 1.70. The number of nitrogens with zero attached hydrogens (tertiary/aromatic N) is 1. The van der Waals surface area contributed by atoms with Crippen LogP contribution in [0.3, 0.4) is 0 Å². The molecule has 0 atom stereocenters. The molecule has 1 N–H and O–H groups in total.